The molecule has 3 amide bonds. The van der Waals surface area contributed by atoms with Crippen LogP contribution in [-0.4, -0.2) is 47.4 Å². The second-order valence-electron chi connectivity index (χ2n) is 10.1. The fraction of sp³-hybridized carbons (Fsp3) is 0.355. The number of unbranched alkanes of at least 4 members (excludes halogenated alkanes) is 1. The molecule has 2 N–H and O–H groups in total. The number of piperidine rings is 1. The summed E-state index contributed by atoms with van der Waals surface area (Å²) in [4.78, 5) is 28.4. The van der Waals surface area contributed by atoms with Gasteiger partial charge in [-0.25, -0.2) is 13.6 Å². The summed E-state index contributed by atoms with van der Waals surface area (Å²) in [5.74, 6) is -0.170. The summed E-state index contributed by atoms with van der Waals surface area (Å²) >= 11 is 0. The molecule has 0 spiro atoms. The Kier molecular flexibility index (Phi) is 10.1. The van der Waals surface area contributed by atoms with Crippen LogP contribution in [0.15, 0.2) is 66.7 Å². The maximum Gasteiger partial charge on any atom is 0.322 e. The molecule has 4 rings (SSSR count). The molecule has 1 aliphatic rings. The van der Waals surface area contributed by atoms with Gasteiger partial charge in [-0.15, -0.1) is 0 Å². The molecule has 0 unspecified atom stereocenters. The number of halogens is 2. The second-order valence-corrected chi connectivity index (χ2v) is 10.1. The zero-order chi connectivity index (χ0) is 28.5. The summed E-state index contributed by atoms with van der Waals surface area (Å²) in [5.41, 5.74) is 1.87. The van der Waals surface area contributed by atoms with Crippen molar-refractivity contribution in [3.63, 3.8) is 0 Å². The van der Waals surface area contributed by atoms with E-state index in [0.29, 0.717) is 12.3 Å². The van der Waals surface area contributed by atoms with E-state index in [1.165, 1.54) is 18.6 Å². The quantitative estimate of drug-likeness (QED) is 0.285. The van der Waals surface area contributed by atoms with Gasteiger partial charge in [0.05, 0.1) is 5.69 Å². The minimum absolute atomic E-state index is 0.0141. The highest BCUT2D eigenvalue weighted by Crippen LogP contribution is 2.25. The number of amides is 3. The van der Waals surface area contributed by atoms with Crippen LogP contribution >= 0.6 is 0 Å². The summed E-state index contributed by atoms with van der Waals surface area (Å²) in [5, 5.41) is 5.36. The maximum atomic E-state index is 14.1. The molecular formula is C31H36F2N4O3. The predicted molar refractivity (Wildman–Crippen MR) is 153 cm³/mol. The van der Waals surface area contributed by atoms with Crippen LogP contribution in [0.25, 0.3) is 0 Å². The number of nitrogens with one attached hydrogen (secondary N) is 2. The average molecular weight is 551 g/mol. The third kappa shape index (κ3) is 8.26. The van der Waals surface area contributed by atoms with Crippen molar-refractivity contribution in [1.29, 1.82) is 0 Å². The number of nitrogens with zero attached hydrogens (tertiary/aromatic N) is 2. The summed E-state index contributed by atoms with van der Waals surface area (Å²) in [6, 6.07) is 18.1. The molecular weight excluding hydrogens is 514 g/mol. The molecule has 1 fully saturated rings. The molecule has 0 aliphatic carbocycles. The van der Waals surface area contributed by atoms with Gasteiger partial charge in [0.25, 0.3) is 0 Å². The van der Waals surface area contributed by atoms with Crippen molar-refractivity contribution < 1.29 is 23.1 Å². The Hall–Kier alpha value is -3.98. The minimum atomic E-state index is -0.782. The lowest BCUT2D eigenvalue weighted by Crippen LogP contribution is -2.49. The lowest BCUT2D eigenvalue weighted by molar-refractivity contribution is -0.114. The Morgan fingerprint density at radius 2 is 1.60 bits per heavy atom. The van der Waals surface area contributed by atoms with Crippen LogP contribution in [0.2, 0.25) is 0 Å². The van der Waals surface area contributed by atoms with Gasteiger partial charge in [0, 0.05) is 50.9 Å². The number of hydrogen-bond donors (Lipinski definition) is 2. The number of carbonyl (C=O) groups is 2. The molecule has 0 atom stereocenters. The van der Waals surface area contributed by atoms with Crippen LogP contribution in [0.5, 0.6) is 11.5 Å². The van der Waals surface area contributed by atoms with Gasteiger partial charge in [-0.1, -0.05) is 25.5 Å². The average Bonchev–Trinajstić information content (AvgIpc) is 2.93. The molecule has 0 saturated carbocycles. The van der Waals surface area contributed by atoms with E-state index < -0.39 is 11.6 Å². The lowest BCUT2D eigenvalue weighted by Gasteiger charge is -2.38. The van der Waals surface area contributed by atoms with Crippen molar-refractivity contribution in [3.8, 4) is 11.5 Å². The van der Waals surface area contributed by atoms with Gasteiger partial charge in [0.15, 0.2) is 0 Å². The Labute approximate surface area is 234 Å². The second kappa shape index (κ2) is 13.9. The summed E-state index contributed by atoms with van der Waals surface area (Å²) in [6.45, 7) is 6.59. The van der Waals surface area contributed by atoms with E-state index in [1.807, 2.05) is 36.4 Å². The van der Waals surface area contributed by atoms with Crippen molar-refractivity contribution in [3.05, 3.63) is 83.9 Å². The first-order chi connectivity index (χ1) is 19.3. The molecule has 1 aliphatic heterocycles. The van der Waals surface area contributed by atoms with Crippen molar-refractivity contribution in [2.45, 2.75) is 52.1 Å². The normalized spacial score (nSPS) is 14.0. The summed E-state index contributed by atoms with van der Waals surface area (Å²) in [6.07, 6.45) is 3.43. The molecule has 40 heavy (non-hydrogen) atoms. The lowest BCUT2D eigenvalue weighted by atomic mass is 10.0. The monoisotopic (exact) mass is 550 g/mol. The Morgan fingerprint density at radius 3 is 2.20 bits per heavy atom. The van der Waals surface area contributed by atoms with Crippen molar-refractivity contribution in [1.82, 2.24) is 9.80 Å². The van der Waals surface area contributed by atoms with Crippen LogP contribution in [0.1, 0.15) is 45.1 Å². The van der Waals surface area contributed by atoms with E-state index in [0.717, 1.165) is 68.9 Å². The molecule has 3 aromatic carbocycles. The molecule has 3 aromatic rings. The molecule has 0 aromatic heterocycles. The zero-order valence-corrected chi connectivity index (χ0v) is 23.0. The number of urea groups is 1. The van der Waals surface area contributed by atoms with Gasteiger partial charge in [0.1, 0.15) is 23.1 Å². The fourth-order valence-electron chi connectivity index (χ4n) is 4.81. The highest BCUT2D eigenvalue weighted by molar-refractivity contribution is 5.90. The molecule has 0 radical (unpaired) electrons. The molecule has 7 nitrogen and oxygen atoms in total. The number of benzene rings is 3. The number of ether oxygens (including phenoxy) is 1. The molecule has 212 valence electrons. The minimum Gasteiger partial charge on any atom is -0.457 e. The third-order valence-electron chi connectivity index (χ3n) is 6.92. The molecule has 9 heteroatoms. The SMILES string of the molecule is CCCCN(C(=O)Nc1ccc(F)cc1F)C1CCN(Cc2ccc(Oc3ccc(NC(C)=O)cc3)cc2)CC1. The van der Waals surface area contributed by atoms with E-state index in [1.54, 1.807) is 17.0 Å². The highest BCUT2D eigenvalue weighted by atomic mass is 19.1. The van der Waals surface area contributed by atoms with E-state index in [4.69, 9.17) is 4.74 Å². The van der Waals surface area contributed by atoms with E-state index in [2.05, 4.69) is 22.5 Å². The number of hydrogen-bond acceptors (Lipinski definition) is 4. The Bertz CT molecular complexity index is 1280. The van der Waals surface area contributed by atoms with Gasteiger partial charge >= 0.3 is 6.03 Å². The number of anilines is 2. The third-order valence-corrected chi connectivity index (χ3v) is 6.92. The first-order valence-electron chi connectivity index (χ1n) is 13.7. The van der Waals surface area contributed by atoms with Crippen LogP contribution < -0.4 is 15.4 Å². The summed E-state index contributed by atoms with van der Waals surface area (Å²) in [7, 11) is 0. The molecule has 0 bridgehead atoms. The van der Waals surface area contributed by atoms with Gasteiger partial charge in [-0.3, -0.25) is 9.69 Å². The van der Waals surface area contributed by atoms with Crippen LogP contribution in [-0.2, 0) is 11.3 Å². The van der Waals surface area contributed by atoms with Crippen LogP contribution in [0.4, 0.5) is 25.0 Å². The standard InChI is InChI=1S/C31H36F2N4O3/c1-3-4-17-37(31(39)35-30-14-7-24(32)20-29(30)33)26-15-18-36(19-16-26)21-23-5-10-27(11-6-23)40-28-12-8-25(9-13-28)34-22(2)38/h5-14,20,26H,3-4,15-19,21H2,1-2H3,(H,34,38)(H,35,39). The number of carbonyl (C=O) groups excluding carboxylic acids is 2. The first-order valence-corrected chi connectivity index (χ1v) is 13.7. The molecule has 1 heterocycles. The Morgan fingerprint density at radius 1 is 0.950 bits per heavy atom. The number of likely N-dealkylation sites (tertiary alicyclic amines) is 1. The van der Waals surface area contributed by atoms with Crippen molar-refractivity contribution in [2.24, 2.45) is 0 Å². The van der Waals surface area contributed by atoms with Gasteiger partial charge in [-0.2, -0.15) is 0 Å². The largest absolute Gasteiger partial charge is 0.457 e. The topological polar surface area (TPSA) is 73.9 Å². The van der Waals surface area contributed by atoms with Crippen molar-refractivity contribution >= 4 is 23.3 Å². The smallest absolute Gasteiger partial charge is 0.322 e. The van der Waals surface area contributed by atoms with E-state index in [-0.39, 0.29) is 23.7 Å². The first kappa shape index (κ1) is 29.0. The van der Waals surface area contributed by atoms with E-state index in [9.17, 15) is 18.4 Å². The van der Waals surface area contributed by atoms with Crippen LogP contribution in [0, 0.1) is 11.6 Å². The highest BCUT2D eigenvalue weighted by Gasteiger charge is 2.28. The maximum absolute atomic E-state index is 14.1. The molecule has 1 saturated heterocycles. The van der Waals surface area contributed by atoms with Gasteiger partial charge < -0.3 is 20.3 Å². The zero-order valence-electron chi connectivity index (χ0n) is 23.0. The summed E-state index contributed by atoms with van der Waals surface area (Å²) < 4.78 is 33.3. The van der Waals surface area contributed by atoms with Crippen molar-refractivity contribution in [2.75, 3.05) is 30.3 Å². The Balaban J connectivity index is 1.28. The van der Waals surface area contributed by atoms with Gasteiger partial charge in [-0.05, 0) is 73.4 Å². The predicted octanol–water partition coefficient (Wildman–Crippen LogP) is 7.01. The van der Waals surface area contributed by atoms with E-state index >= 15 is 0 Å². The van der Waals surface area contributed by atoms with Crippen LogP contribution in [0.3, 0.4) is 0 Å². The fourth-order valence-corrected chi connectivity index (χ4v) is 4.81. The number of rotatable bonds is 10. The van der Waals surface area contributed by atoms with Gasteiger partial charge in [0.2, 0.25) is 5.91 Å².